The van der Waals surface area contributed by atoms with Crippen LogP contribution in [0, 0.1) is 6.92 Å². The number of ether oxygens (including phenoxy) is 3. The molecule has 2 rings (SSSR count). The first-order chi connectivity index (χ1) is 11.9. The molecule has 132 valence electrons. The first kappa shape index (κ1) is 18.8. The van der Waals surface area contributed by atoms with Crippen molar-refractivity contribution < 1.29 is 23.8 Å². The second-order valence-electron chi connectivity index (χ2n) is 5.44. The Labute approximate surface area is 151 Å². The van der Waals surface area contributed by atoms with Gasteiger partial charge in [-0.15, -0.1) is 0 Å². The largest absolute Gasteiger partial charge is 0.496 e. The third-order valence-electron chi connectivity index (χ3n) is 3.56. The number of carbonyl (C=O) groups is 2. The number of halogens is 1. The Kier molecular flexibility index (Phi) is 6.42. The third-order valence-corrected chi connectivity index (χ3v) is 3.99. The lowest BCUT2D eigenvalue weighted by molar-refractivity contribution is -0.147. The molecule has 0 amide bonds. The number of aryl methyl sites for hydroxylation is 1. The summed E-state index contributed by atoms with van der Waals surface area (Å²) < 4.78 is 15.8. The van der Waals surface area contributed by atoms with Crippen molar-refractivity contribution >= 4 is 23.4 Å². The van der Waals surface area contributed by atoms with E-state index in [0.29, 0.717) is 27.6 Å². The molecule has 0 saturated heterocycles. The van der Waals surface area contributed by atoms with Gasteiger partial charge < -0.3 is 14.2 Å². The van der Waals surface area contributed by atoms with Crippen LogP contribution in [0.2, 0.25) is 5.02 Å². The molecular formula is C19H19ClO5. The Morgan fingerprint density at radius 1 is 1.12 bits per heavy atom. The number of hydrogen-bond donors (Lipinski definition) is 0. The van der Waals surface area contributed by atoms with Crippen LogP contribution in [0.4, 0.5) is 0 Å². The number of carbonyl (C=O) groups excluding carboxylic acids is 2. The van der Waals surface area contributed by atoms with Gasteiger partial charge in [-0.1, -0.05) is 11.6 Å². The van der Waals surface area contributed by atoms with Crippen LogP contribution >= 0.6 is 11.6 Å². The van der Waals surface area contributed by atoms with Gasteiger partial charge in [-0.25, -0.2) is 4.79 Å². The van der Waals surface area contributed by atoms with E-state index in [0.717, 1.165) is 5.56 Å². The van der Waals surface area contributed by atoms with Gasteiger partial charge in [0.2, 0.25) is 0 Å². The fraction of sp³-hybridized carbons (Fsp3) is 0.263. The molecular weight excluding hydrogens is 344 g/mol. The molecule has 0 aliphatic rings. The number of Topliss-reactive ketones (excluding diaryl/α,β-unsaturated/α-hetero) is 1. The average Bonchev–Trinajstić information content (AvgIpc) is 2.60. The highest BCUT2D eigenvalue weighted by Gasteiger charge is 2.11. The highest BCUT2D eigenvalue weighted by molar-refractivity contribution is 6.31. The number of benzene rings is 2. The average molecular weight is 363 g/mol. The monoisotopic (exact) mass is 362 g/mol. The maximum atomic E-state index is 11.9. The molecule has 0 heterocycles. The molecule has 0 radical (unpaired) electrons. The van der Waals surface area contributed by atoms with Gasteiger partial charge in [-0.2, -0.15) is 0 Å². The van der Waals surface area contributed by atoms with Crippen molar-refractivity contribution in [3.63, 3.8) is 0 Å². The molecule has 25 heavy (non-hydrogen) atoms. The molecule has 0 fully saturated rings. The van der Waals surface area contributed by atoms with E-state index in [2.05, 4.69) is 0 Å². The summed E-state index contributed by atoms with van der Waals surface area (Å²) in [5, 5.41) is 0.632. The maximum absolute atomic E-state index is 11.9. The highest BCUT2D eigenvalue weighted by atomic mass is 35.5. The predicted octanol–water partition coefficient (Wildman–Crippen LogP) is 3.98. The summed E-state index contributed by atoms with van der Waals surface area (Å²) in [6.45, 7) is 3.09. The second kappa shape index (κ2) is 8.53. The van der Waals surface area contributed by atoms with Crippen molar-refractivity contribution in [3.8, 4) is 11.5 Å². The lowest BCUT2D eigenvalue weighted by atomic mass is 10.1. The summed E-state index contributed by atoms with van der Waals surface area (Å²) in [4.78, 5) is 23.3. The summed E-state index contributed by atoms with van der Waals surface area (Å²) >= 11 is 5.94. The fourth-order valence-electron chi connectivity index (χ4n) is 2.16. The van der Waals surface area contributed by atoms with Crippen LogP contribution in [0.15, 0.2) is 36.4 Å². The van der Waals surface area contributed by atoms with Crippen LogP contribution < -0.4 is 9.47 Å². The van der Waals surface area contributed by atoms with Crippen LogP contribution in [-0.2, 0) is 16.1 Å². The van der Waals surface area contributed by atoms with Crippen molar-refractivity contribution in [1.82, 2.24) is 0 Å². The standard InChI is InChI=1S/C19H19ClO5/c1-12-8-16(5-6-17(12)20)24-11-19(22)25-10-15-9-14(13(2)21)4-7-18(15)23-3/h4-9H,10-11H2,1-3H3. The maximum Gasteiger partial charge on any atom is 0.344 e. The summed E-state index contributed by atoms with van der Waals surface area (Å²) in [6, 6.07) is 10.1. The molecule has 0 spiro atoms. The third kappa shape index (κ3) is 5.22. The van der Waals surface area contributed by atoms with Crippen molar-refractivity contribution in [3.05, 3.63) is 58.1 Å². The first-order valence-corrected chi connectivity index (χ1v) is 8.01. The quantitative estimate of drug-likeness (QED) is 0.550. The SMILES string of the molecule is COc1ccc(C(C)=O)cc1COC(=O)COc1ccc(Cl)c(C)c1. The van der Waals surface area contributed by atoms with Gasteiger partial charge in [0.05, 0.1) is 7.11 Å². The molecule has 2 aromatic carbocycles. The number of hydrogen-bond acceptors (Lipinski definition) is 5. The molecule has 0 saturated carbocycles. The van der Waals surface area contributed by atoms with Crippen LogP contribution in [0.1, 0.15) is 28.4 Å². The van der Waals surface area contributed by atoms with E-state index in [1.54, 1.807) is 36.4 Å². The minimum atomic E-state index is -0.525. The summed E-state index contributed by atoms with van der Waals surface area (Å²) in [6.07, 6.45) is 0. The minimum absolute atomic E-state index is 0.00781. The van der Waals surface area contributed by atoms with Gasteiger partial charge in [-0.05, 0) is 55.8 Å². The van der Waals surface area contributed by atoms with E-state index in [1.165, 1.54) is 14.0 Å². The number of esters is 1. The number of ketones is 1. The molecule has 0 aliphatic heterocycles. The van der Waals surface area contributed by atoms with Crippen molar-refractivity contribution in [1.29, 1.82) is 0 Å². The van der Waals surface area contributed by atoms with Gasteiger partial charge in [0.15, 0.2) is 12.4 Å². The smallest absolute Gasteiger partial charge is 0.344 e. The Morgan fingerprint density at radius 2 is 1.88 bits per heavy atom. The number of methoxy groups -OCH3 is 1. The van der Waals surface area contributed by atoms with E-state index in [1.807, 2.05) is 6.92 Å². The van der Waals surface area contributed by atoms with Gasteiger partial charge >= 0.3 is 5.97 Å². The fourth-order valence-corrected chi connectivity index (χ4v) is 2.28. The molecule has 0 atom stereocenters. The summed E-state index contributed by atoms with van der Waals surface area (Å²) in [5.41, 5.74) is 2.00. The molecule has 2 aromatic rings. The second-order valence-corrected chi connectivity index (χ2v) is 5.85. The van der Waals surface area contributed by atoms with Gasteiger partial charge in [0.1, 0.15) is 18.1 Å². The van der Waals surface area contributed by atoms with E-state index < -0.39 is 5.97 Å². The van der Waals surface area contributed by atoms with Gasteiger partial charge in [-0.3, -0.25) is 4.79 Å². The molecule has 0 aromatic heterocycles. The Bertz CT molecular complexity index is 785. The van der Waals surface area contributed by atoms with Gasteiger partial charge in [0.25, 0.3) is 0 Å². The van der Waals surface area contributed by atoms with Crippen LogP contribution in [0.5, 0.6) is 11.5 Å². The molecule has 6 heteroatoms. The zero-order valence-electron chi connectivity index (χ0n) is 14.3. The Balaban J connectivity index is 1.94. The summed E-state index contributed by atoms with van der Waals surface area (Å²) in [7, 11) is 1.51. The van der Waals surface area contributed by atoms with Crippen LogP contribution in [0.25, 0.3) is 0 Å². The number of rotatable bonds is 7. The van der Waals surface area contributed by atoms with Gasteiger partial charge in [0, 0.05) is 16.1 Å². The normalized spacial score (nSPS) is 10.2. The minimum Gasteiger partial charge on any atom is -0.496 e. The lowest BCUT2D eigenvalue weighted by Gasteiger charge is -2.11. The highest BCUT2D eigenvalue weighted by Crippen LogP contribution is 2.22. The van der Waals surface area contributed by atoms with Crippen molar-refractivity contribution in [2.75, 3.05) is 13.7 Å². The molecule has 0 unspecified atom stereocenters. The molecule has 0 N–H and O–H groups in total. The van der Waals surface area contributed by atoms with E-state index in [4.69, 9.17) is 25.8 Å². The Morgan fingerprint density at radius 3 is 2.52 bits per heavy atom. The van der Waals surface area contributed by atoms with Crippen molar-refractivity contribution in [2.45, 2.75) is 20.5 Å². The lowest BCUT2D eigenvalue weighted by Crippen LogP contribution is -2.15. The van der Waals surface area contributed by atoms with Crippen molar-refractivity contribution in [2.24, 2.45) is 0 Å². The topological polar surface area (TPSA) is 61.8 Å². The Hall–Kier alpha value is -2.53. The van der Waals surface area contributed by atoms with E-state index in [9.17, 15) is 9.59 Å². The first-order valence-electron chi connectivity index (χ1n) is 7.63. The summed E-state index contributed by atoms with van der Waals surface area (Å²) in [5.74, 6) is 0.488. The predicted molar refractivity (Wildman–Crippen MR) is 94.5 cm³/mol. The van der Waals surface area contributed by atoms with E-state index in [-0.39, 0.29) is 19.0 Å². The van der Waals surface area contributed by atoms with E-state index >= 15 is 0 Å². The van der Waals surface area contributed by atoms with Crippen LogP contribution in [-0.4, -0.2) is 25.5 Å². The zero-order chi connectivity index (χ0) is 18.4. The zero-order valence-corrected chi connectivity index (χ0v) is 15.1. The molecule has 0 aliphatic carbocycles. The van der Waals surface area contributed by atoms with Crippen LogP contribution in [0.3, 0.4) is 0 Å². The molecule has 0 bridgehead atoms. The molecule has 5 nitrogen and oxygen atoms in total.